The molecule has 3 heteroatoms. The molecule has 0 saturated heterocycles. The lowest BCUT2D eigenvalue weighted by molar-refractivity contribution is -0.147. The van der Waals surface area contributed by atoms with Crippen molar-refractivity contribution in [2.75, 3.05) is 0 Å². The summed E-state index contributed by atoms with van der Waals surface area (Å²) in [5.74, 6) is 3.34. The molecule has 27 heavy (non-hydrogen) atoms. The van der Waals surface area contributed by atoms with Crippen LogP contribution in [0.2, 0.25) is 0 Å². The van der Waals surface area contributed by atoms with E-state index in [0.717, 1.165) is 17.5 Å². The summed E-state index contributed by atoms with van der Waals surface area (Å²) in [6, 6.07) is 7.64. The minimum Gasteiger partial charge on any atom is -0.461 e. The lowest BCUT2D eigenvalue weighted by atomic mass is 9.74. The average molecular weight is 371 g/mol. The Hall–Kier alpha value is -2.08. The van der Waals surface area contributed by atoms with E-state index in [1.165, 1.54) is 0 Å². The zero-order valence-corrected chi connectivity index (χ0v) is 17.5. The van der Waals surface area contributed by atoms with Gasteiger partial charge in [-0.1, -0.05) is 58.9 Å². The molecule has 148 valence electrons. The highest BCUT2D eigenvalue weighted by molar-refractivity contribution is 5.81. The highest BCUT2D eigenvalue weighted by atomic mass is 16.5. The first-order valence-corrected chi connectivity index (χ1v) is 9.80. The molecule has 0 radical (unpaired) electrons. The van der Waals surface area contributed by atoms with Crippen molar-refractivity contribution >= 4 is 11.8 Å². The van der Waals surface area contributed by atoms with Crippen LogP contribution in [0.3, 0.4) is 0 Å². The number of ether oxygens (including phenoxy) is 1. The van der Waals surface area contributed by atoms with Gasteiger partial charge in [0.2, 0.25) is 0 Å². The van der Waals surface area contributed by atoms with Crippen LogP contribution in [0, 0.1) is 29.6 Å². The van der Waals surface area contributed by atoms with Gasteiger partial charge >= 0.3 is 5.97 Å². The van der Waals surface area contributed by atoms with E-state index in [1.54, 1.807) is 0 Å². The number of esters is 1. The normalized spacial score (nSPS) is 12.5. The number of carbonyl (C=O) groups is 2. The van der Waals surface area contributed by atoms with Crippen LogP contribution < -0.4 is 0 Å². The fraction of sp³-hybridized carbons (Fsp3) is 0.583. The summed E-state index contributed by atoms with van der Waals surface area (Å²) in [6.45, 7) is 11.2. The molecule has 0 aromatic heterocycles. The first kappa shape index (κ1) is 23.0. The van der Waals surface area contributed by atoms with Gasteiger partial charge in [-0.2, -0.15) is 0 Å². The predicted molar refractivity (Wildman–Crippen MR) is 110 cm³/mol. The molecule has 3 nitrogen and oxygen atoms in total. The molecule has 1 rings (SSSR count). The van der Waals surface area contributed by atoms with E-state index >= 15 is 0 Å². The summed E-state index contributed by atoms with van der Waals surface area (Å²) in [4.78, 5) is 24.1. The van der Waals surface area contributed by atoms with Gasteiger partial charge in [0.1, 0.15) is 12.4 Å². The van der Waals surface area contributed by atoms with E-state index in [1.807, 2.05) is 24.3 Å². The summed E-state index contributed by atoms with van der Waals surface area (Å²) in [5.41, 5.74) is 1.97. The molecule has 1 unspecified atom stereocenters. The van der Waals surface area contributed by atoms with Crippen LogP contribution in [0.4, 0.5) is 0 Å². The van der Waals surface area contributed by atoms with Crippen molar-refractivity contribution < 1.29 is 14.3 Å². The fourth-order valence-corrected chi connectivity index (χ4v) is 3.02. The molecular weight excluding hydrogens is 336 g/mol. The van der Waals surface area contributed by atoms with Gasteiger partial charge in [0, 0.05) is 25.7 Å². The number of hydrogen-bond acceptors (Lipinski definition) is 3. The van der Waals surface area contributed by atoms with E-state index in [-0.39, 0.29) is 23.8 Å². The number of hydrogen-bond donors (Lipinski definition) is 0. The van der Waals surface area contributed by atoms with Crippen molar-refractivity contribution in [1.29, 1.82) is 0 Å². The molecule has 1 aromatic rings. The smallest absolute Gasteiger partial charge is 0.306 e. The second kappa shape index (κ2) is 10.9. The minimum absolute atomic E-state index is 0.0803. The van der Waals surface area contributed by atoms with Crippen molar-refractivity contribution in [3.63, 3.8) is 0 Å². The third kappa shape index (κ3) is 9.43. The van der Waals surface area contributed by atoms with Crippen LogP contribution in [0.1, 0.15) is 71.4 Å². The van der Waals surface area contributed by atoms with Gasteiger partial charge in [-0.15, -0.1) is 12.3 Å². The second-order valence-electron chi connectivity index (χ2n) is 8.79. The number of terminal acetylenes is 1. The predicted octanol–water partition coefficient (Wildman–Crippen LogP) is 5.35. The first-order chi connectivity index (χ1) is 12.6. The lowest BCUT2D eigenvalue weighted by Crippen LogP contribution is -2.25. The molecule has 0 fully saturated rings. The zero-order chi connectivity index (χ0) is 20.4. The monoisotopic (exact) mass is 370 g/mol. The van der Waals surface area contributed by atoms with Gasteiger partial charge in [0.25, 0.3) is 0 Å². The van der Waals surface area contributed by atoms with Crippen molar-refractivity contribution in [3.8, 4) is 12.3 Å². The third-order valence-electron chi connectivity index (χ3n) is 4.77. The Bertz CT molecular complexity index is 642. The molecule has 0 aliphatic rings. The largest absolute Gasteiger partial charge is 0.461 e. The Kier molecular flexibility index (Phi) is 9.29. The Morgan fingerprint density at radius 2 is 1.70 bits per heavy atom. The average Bonchev–Trinajstić information content (AvgIpc) is 2.57. The quantitative estimate of drug-likeness (QED) is 0.412. The maximum absolute atomic E-state index is 12.3. The van der Waals surface area contributed by atoms with Gasteiger partial charge in [-0.3, -0.25) is 9.59 Å². The van der Waals surface area contributed by atoms with E-state index in [9.17, 15) is 9.59 Å². The second-order valence-corrected chi connectivity index (χ2v) is 8.79. The van der Waals surface area contributed by atoms with Gasteiger partial charge in [-0.25, -0.2) is 0 Å². The van der Waals surface area contributed by atoms with Crippen LogP contribution in [0.15, 0.2) is 24.3 Å². The minimum atomic E-state index is -0.149. The van der Waals surface area contributed by atoms with Crippen molar-refractivity contribution in [3.05, 3.63) is 35.4 Å². The summed E-state index contributed by atoms with van der Waals surface area (Å²) in [7, 11) is 0. The van der Waals surface area contributed by atoms with Gasteiger partial charge in [-0.05, 0) is 34.8 Å². The third-order valence-corrected chi connectivity index (χ3v) is 4.77. The summed E-state index contributed by atoms with van der Waals surface area (Å²) >= 11 is 0. The van der Waals surface area contributed by atoms with E-state index in [4.69, 9.17) is 11.2 Å². The number of carbonyl (C=O) groups excluding carboxylic acids is 2. The van der Waals surface area contributed by atoms with Crippen molar-refractivity contribution in [1.82, 2.24) is 0 Å². The van der Waals surface area contributed by atoms with Gasteiger partial charge in [0.05, 0.1) is 0 Å². The maximum atomic E-state index is 12.3. The Labute approximate surface area is 164 Å². The lowest BCUT2D eigenvalue weighted by Gasteiger charge is -2.31. The van der Waals surface area contributed by atoms with Crippen molar-refractivity contribution in [2.45, 2.75) is 73.3 Å². The SMILES string of the molecule is C#CCCC(=O)Cc1ccc(COC(=O)CC(CC(C)C)C(C)(C)C)cc1. The highest BCUT2D eigenvalue weighted by Crippen LogP contribution is 2.34. The Balaban J connectivity index is 2.51. The van der Waals surface area contributed by atoms with E-state index in [0.29, 0.717) is 37.5 Å². The highest BCUT2D eigenvalue weighted by Gasteiger charge is 2.28. The first-order valence-electron chi connectivity index (χ1n) is 9.80. The Morgan fingerprint density at radius 3 is 2.22 bits per heavy atom. The molecule has 1 atom stereocenters. The number of rotatable bonds is 10. The molecule has 1 aromatic carbocycles. The number of ketones is 1. The Morgan fingerprint density at radius 1 is 1.11 bits per heavy atom. The van der Waals surface area contributed by atoms with Crippen LogP contribution >= 0.6 is 0 Å². The molecule has 0 spiro atoms. The van der Waals surface area contributed by atoms with Gasteiger partial charge in [0.15, 0.2) is 0 Å². The van der Waals surface area contributed by atoms with E-state index in [2.05, 4.69) is 40.5 Å². The molecular formula is C24H34O3. The summed E-state index contributed by atoms with van der Waals surface area (Å²) < 4.78 is 5.48. The van der Waals surface area contributed by atoms with E-state index < -0.39 is 0 Å². The van der Waals surface area contributed by atoms with Crippen LogP contribution in [-0.2, 0) is 27.4 Å². The van der Waals surface area contributed by atoms with Crippen molar-refractivity contribution in [2.24, 2.45) is 17.3 Å². The molecule has 0 saturated carbocycles. The van der Waals surface area contributed by atoms with Crippen LogP contribution in [0.25, 0.3) is 0 Å². The summed E-state index contributed by atoms with van der Waals surface area (Å²) in [6.07, 6.45) is 7.94. The molecule has 0 bridgehead atoms. The van der Waals surface area contributed by atoms with Crippen LogP contribution in [-0.4, -0.2) is 11.8 Å². The number of Topliss-reactive ketones (excluding diaryl/α,β-unsaturated/α-hetero) is 1. The van der Waals surface area contributed by atoms with Gasteiger partial charge < -0.3 is 4.74 Å². The molecule has 0 heterocycles. The molecule has 0 N–H and O–H groups in total. The standard InChI is InChI=1S/C24H34O3/c1-7-8-9-22(25)15-19-10-12-20(13-11-19)17-27-23(26)16-21(14-18(2)3)24(4,5)6/h1,10-13,18,21H,8-9,14-17H2,2-6H3. The fourth-order valence-electron chi connectivity index (χ4n) is 3.02. The molecule has 0 aliphatic carbocycles. The topological polar surface area (TPSA) is 43.4 Å². The number of benzene rings is 1. The zero-order valence-electron chi connectivity index (χ0n) is 17.5. The maximum Gasteiger partial charge on any atom is 0.306 e. The molecule has 0 amide bonds. The summed E-state index contributed by atoms with van der Waals surface area (Å²) in [5, 5.41) is 0. The van der Waals surface area contributed by atoms with Crippen LogP contribution in [0.5, 0.6) is 0 Å². The molecule has 0 aliphatic heterocycles.